The summed E-state index contributed by atoms with van der Waals surface area (Å²) in [6.45, 7) is 6.88. The summed E-state index contributed by atoms with van der Waals surface area (Å²) >= 11 is 0. The zero-order valence-corrected chi connectivity index (χ0v) is 17.8. The summed E-state index contributed by atoms with van der Waals surface area (Å²) in [5.74, 6) is 2.35. The second-order valence-electron chi connectivity index (χ2n) is 8.62. The van der Waals surface area contributed by atoms with E-state index in [9.17, 15) is 4.79 Å². The van der Waals surface area contributed by atoms with Gasteiger partial charge in [0.1, 0.15) is 11.6 Å². The predicted molar refractivity (Wildman–Crippen MR) is 113 cm³/mol. The average Bonchev–Trinajstić information content (AvgIpc) is 2.79. The normalized spacial score (nSPS) is 24.6. The van der Waals surface area contributed by atoms with Gasteiger partial charge < -0.3 is 19.4 Å². The molecule has 29 heavy (non-hydrogen) atoms. The van der Waals surface area contributed by atoms with Crippen LogP contribution in [0.25, 0.3) is 0 Å². The molecule has 8 nitrogen and oxygen atoms in total. The quantitative estimate of drug-likeness (QED) is 0.747. The van der Waals surface area contributed by atoms with Crippen LogP contribution in [0.5, 0.6) is 0 Å². The van der Waals surface area contributed by atoms with Crippen LogP contribution in [0.1, 0.15) is 25.7 Å². The van der Waals surface area contributed by atoms with Gasteiger partial charge in [0.05, 0.1) is 31.5 Å². The minimum absolute atomic E-state index is 0.155. The van der Waals surface area contributed by atoms with Crippen LogP contribution >= 0.6 is 0 Å². The number of likely N-dealkylation sites (tertiary alicyclic amines) is 1. The number of hydrogen-bond donors (Lipinski definition) is 0. The molecule has 0 N–H and O–H groups in total. The van der Waals surface area contributed by atoms with E-state index < -0.39 is 0 Å². The van der Waals surface area contributed by atoms with Crippen LogP contribution in [0.15, 0.2) is 12.4 Å². The number of ether oxygens (including phenoxy) is 1. The smallest absolute Gasteiger partial charge is 0.227 e. The first-order chi connectivity index (χ1) is 14.1. The number of hydrogen-bond acceptors (Lipinski definition) is 7. The van der Waals surface area contributed by atoms with Gasteiger partial charge in [-0.1, -0.05) is 0 Å². The molecule has 0 spiro atoms. The van der Waals surface area contributed by atoms with Crippen molar-refractivity contribution < 1.29 is 9.53 Å². The number of rotatable bonds is 4. The van der Waals surface area contributed by atoms with E-state index >= 15 is 0 Å². The van der Waals surface area contributed by atoms with E-state index in [2.05, 4.69) is 14.8 Å². The minimum atomic E-state index is 0.155. The molecule has 0 aromatic carbocycles. The first-order valence-corrected chi connectivity index (χ1v) is 11.0. The number of anilines is 2. The second kappa shape index (κ2) is 9.26. The molecular weight excluding hydrogens is 368 g/mol. The van der Waals surface area contributed by atoms with Crippen molar-refractivity contribution in [3.8, 4) is 0 Å². The lowest BCUT2D eigenvalue weighted by Crippen LogP contribution is -2.52. The lowest BCUT2D eigenvalue weighted by atomic mass is 9.92. The Morgan fingerprint density at radius 1 is 1.07 bits per heavy atom. The second-order valence-corrected chi connectivity index (χ2v) is 8.62. The van der Waals surface area contributed by atoms with Crippen LogP contribution in [0.3, 0.4) is 0 Å². The summed E-state index contributed by atoms with van der Waals surface area (Å²) in [6, 6.07) is 0.566. The van der Waals surface area contributed by atoms with E-state index in [-0.39, 0.29) is 5.92 Å². The third-order valence-corrected chi connectivity index (χ3v) is 6.50. The van der Waals surface area contributed by atoms with Gasteiger partial charge >= 0.3 is 0 Å². The van der Waals surface area contributed by atoms with Crippen LogP contribution < -0.4 is 9.80 Å². The lowest BCUT2D eigenvalue weighted by Gasteiger charge is -2.43. The molecule has 4 heterocycles. The van der Waals surface area contributed by atoms with Gasteiger partial charge in [0.25, 0.3) is 0 Å². The number of carbonyl (C=O) groups is 1. The molecule has 3 fully saturated rings. The van der Waals surface area contributed by atoms with E-state index in [0.29, 0.717) is 25.2 Å². The molecule has 0 radical (unpaired) electrons. The van der Waals surface area contributed by atoms with Crippen molar-refractivity contribution in [3.05, 3.63) is 12.4 Å². The summed E-state index contributed by atoms with van der Waals surface area (Å²) in [5, 5.41) is 0. The summed E-state index contributed by atoms with van der Waals surface area (Å²) < 4.78 is 5.40. The highest BCUT2D eigenvalue weighted by atomic mass is 16.5. The van der Waals surface area contributed by atoms with Crippen molar-refractivity contribution in [2.75, 3.05) is 76.4 Å². The molecule has 1 aromatic rings. The fourth-order valence-corrected chi connectivity index (χ4v) is 4.76. The van der Waals surface area contributed by atoms with Crippen LogP contribution in [-0.2, 0) is 9.53 Å². The highest BCUT2D eigenvalue weighted by molar-refractivity contribution is 5.79. The van der Waals surface area contributed by atoms with Gasteiger partial charge in [-0.3, -0.25) is 14.7 Å². The number of piperidine rings is 2. The van der Waals surface area contributed by atoms with Crippen molar-refractivity contribution in [2.45, 2.75) is 31.7 Å². The first-order valence-electron chi connectivity index (χ1n) is 11.0. The Hall–Kier alpha value is -1.93. The highest BCUT2D eigenvalue weighted by Gasteiger charge is 2.34. The molecule has 3 saturated heterocycles. The number of nitrogens with zero attached hydrogens (tertiary/aromatic N) is 6. The summed E-state index contributed by atoms with van der Waals surface area (Å²) in [6.07, 6.45) is 8.05. The predicted octanol–water partition coefficient (Wildman–Crippen LogP) is 1.08. The van der Waals surface area contributed by atoms with Crippen LogP contribution in [0, 0.1) is 5.92 Å². The SMILES string of the molecule is CN(C)c1cncc(N2CCC(N3CCC[C@@H](C(=O)N4CCOCC4)C3)CC2)n1. The first kappa shape index (κ1) is 20.3. The fraction of sp³-hybridized carbons (Fsp3) is 0.762. The van der Waals surface area contributed by atoms with Gasteiger partial charge in [-0.25, -0.2) is 4.98 Å². The Morgan fingerprint density at radius 2 is 1.83 bits per heavy atom. The number of aromatic nitrogens is 2. The third kappa shape index (κ3) is 4.80. The third-order valence-electron chi connectivity index (χ3n) is 6.50. The van der Waals surface area contributed by atoms with Crippen molar-refractivity contribution >= 4 is 17.5 Å². The molecule has 0 bridgehead atoms. The van der Waals surface area contributed by atoms with Crippen LogP contribution in [0.4, 0.5) is 11.6 Å². The van der Waals surface area contributed by atoms with Gasteiger partial charge in [-0.05, 0) is 32.2 Å². The van der Waals surface area contributed by atoms with E-state index in [0.717, 1.165) is 76.6 Å². The van der Waals surface area contributed by atoms with Crippen molar-refractivity contribution in [3.63, 3.8) is 0 Å². The monoisotopic (exact) mass is 402 g/mol. The molecule has 160 valence electrons. The van der Waals surface area contributed by atoms with E-state index in [1.807, 2.05) is 30.1 Å². The molecular formula is C21H34N6O2. The zero-order valence-electron chi connectivity index (χ0n) is 17.8. The van der Waals surface area contributed by atoms with Crippen molar-refractivity contribution in [1.29, 1.82) is 0 Å². The molecule has 1 atom stereocenters. The fourth-order valence-electron chi connectivity index (χ4n) is 4.76. The van der Waals surface area contributed by atoms with Gasteiger partial charge in [0.15, 0.2) is 0 Å². The number of morpholine rings is 1. The Balaban J connectivity index is 1.31. The minimum Gasteiger partial charge on any atom is -0.378 e. The Bertz CT molecular complexity index is 686. The molecule has 4 rings (SSSR count). The molecule has 0 saturated carbocycles. The Morgan fingerprint density at radius 3 is 2.55 bits per heavy atom. The molecule has 8 heteroatoms. The molecule has 0 unspecified atom stereocenters. The summed E-state index contributed by atoms with van der Waals surface area (Å²) in [7, 11) is 3.98. The van der Waals surface area contributed by atoms with E-state index in [4.69, 9.17) is 9.72 Å². The zero-order chi connectivity index (χ0) is 20.2. The van der Waals surface area contributed by atoms with Crippen molar-refractivity contribution in [2.24, 2.45) is 5.92 Å². The molecule has 1 aromatic heterocycles. The molecule has 0 aliphatic carbocycles. The Labute approximate surface area is 173 Å². The maximum absolute atomic E-state index is 12.9. The highest BCUT2D eigenvalue weighted by Crippen LogP contribution is 2.27. The number of amides is 1. The summed E-state index contributed by atoms with van der Waals surface area (Å²) in [4.78, 5) is 30.9. The van der Waals surface area contributed by atoms with Gasteiger partial charge in [-0.2, -0.15) is 0 Å². The molecule has 1 amide bonds. The van der Waals surface area contributed by atoms with Crippen LogP contribution in [-0.4, -0.2) is 98.3 Å². The maximum atomic E-state index is 12.9. The molecule has 3 aliphatic rings. The molecule has 3 aliphatic heterocycles. The van der Waals surface area contributed by atoms with E-state index in [1.165, 1.54) is 0 Å². The van der Waals surface area contributed by atoms with Crippen LogP contribution in [0.2, 0.25) is 0 Å². The van der Waals surface area contributed by atoms with Gasteiger partial charge in [-0.15, -0.1) is 0 Å². The average molecular weight is 403 g/mol. The van der Waals surface area contributed by atoms with Gasteiger partial charge in [0, 0.05) is 52.9 Å². The largest absolute Gasteiger partial charge is 0.378 e. The summed E-state index contributed by atoms with van der Waals surface area (Å²) in [5.41, 5.74) is 0. The maximum Gasteiger partial charge on any atom is 0.227 e. The van der Waals surface area contributed by atoms with Crippen molar-refractivity contribution in [1.82, 2.24) is 19.8 Å². The van der Waals surface area contributed by atoms with Gasteiger partial charge in [0.2, 0.25) is 5.91 Å². The Kier molecular flexibility index (Phi) is 6.50. The standard InChI is InChI=1S/C21H34N6O2/c1-24(2)19-14-22-15-20(23-19)25-8-5-18(6-9-25)27-7-3-4-17(16-27)21(28)26-10-12-29-13-11-26/h14-15,17-18H,3-13,16H2,1-2H3/t17-/m1/s1. The van der Waals surface area contributed by atoms with E-state index in [1.54, 1.807) is 6.20 Å². The lowest BCUT2D eigenvalue weighted by molar-refractivity contribution is -0.141. The topological polar surface area (TPSA) is 65.0 Å². The number of carbonyl (C=O) groups excluding carboxylic acids is 1.